The van der Waals surface area contributed by atoms with Crippen LogP contribution in [-0.2, 0) is 0 Å². The molecular weight excluding hydrogens is 395 g/mol. The van der Waals surface area contributed by atoms with Gasteiger partial charge in [0.25, 0.3) is 0 Å². The van der Waals surface area contributed by atoms with Crippen LogP contribution in [0.4, 0.5) is 13.2 Å². The summed E-state index contributed by atoms with van der Waals surface area (Å²) in [5.74, 6) is -1.18. The standard InChI is InChI=1S/C20H13ClF3NO3/c21-12-8-9-18(28-11-20(22,23)24)15(10-12)13-4-1-2-5-14(13)16-6-3-7-17(25-16)19(26)27/h1-10H,11H2,(H,26,27). The van der Waals surface area contributed by atoms with Gasteiger partial charge in [0.2, 0.25) is 0 Å². The summed E-state index contributed by atoms with van der Waals surface area (Å²) in [6, 6.07) is 15.6. The minimum Gasteiger partial charge on any atom is -0.483 e. The van der Waals surface area contributed by atoms with E-state index >= 15 is 0 Å². The summed E-state index contributed by atoms with van der Waals surface area (Å²) < 4.78 is 42.8. The minimum atomic E-state index is -4.49. The number of hydrogen-bond acceptors (Lipinski definition) is 3. The van der Waals surface area contributed by atoms with Gasteiger partial charge in [-0.1, -0.05) is 41.9 Å². The van der Waals surface area contributed by atoms with Gasteiger partial charge in [-0.05, 0) is 35.9 Å². The molecule has 144 valence electrons. The summed E-state index contributed by atoms with van der Waals surface area (Å²) >= 11 is 6.05. The number of benzene rings is 2. The van der Waals surface area contributed by atoms with E-state index < -0.39 is 18.8 Å². The third-order valence-electron chi connectivity index (χ3n) is 3.79. The number of aromatic nitrogens is 1. The lowest BCUT2D eigenvalue weighted by molar-refractivity contribution is -0.153. The Morgan fingerprint density at radius 2 is 1.71 bits per heavy atom. The Balaban J connectivity index is 2.12. The van der Waals surface area contributed by atoms with Crippen molar-refractivity contribution >= 4 is 17.6 Å². The number of hydrogen-bond donors (Lipinski definition) is 1. The third-order valence-corrected chi connectivity index (χ3v) is 4.03. The van der Waals surface area contributed by atoms with Crippen LogP contribution in [0.25, 0.3) is 22.4 Å². The van der Waals surface area contributed by atoms with E-state index in [1.165, 1.54) is 24.3 Å². The molecule has 1 aromatic heterocycles. The molecule has 28 heavy (non-hydrogen) atoms. The normalized spacial score (nSPS) is 11.3. The number of aromatic carboxylic acids is 1. The van der Waals surface area contributed by atoms with Gasteiger partial charge in [0, 0.05) is 16.1 Å². The molecule has 1 heterocycles. The summed E-state index contributed by atoms with van der Waals surface area (Å²) in [6.07, 6.45) is -4.49. The fraction of sp³-hybridized carbons (Fsp3) is 0.100. The Morgan fingerprint density at radius 1 is 1.00 bits per heavy atom. The van der Waals surface area contributed by atoms with E-state index in [-0.39, 0.29) is 11.4 Å². The van der Waals surface area contributed by atoms with Crippen LogP contribution in [0.1, 0.15) is 10.5 Å². The van der Waals surface area contributed by atoms with E-state index in [4.69, 9.17) is 21.4 Å². The summed E-state index contributed by atoms with van der Waals surface area (Å²) in [4.78, 5) is 15.3. The highest BCUT2D eigenvalue weighted by molar-refractivity contribution is 6.31. The summed E-state index contributed by atoms with van der Waals surface area (Å²) in [5, 5.41) is 9.48. The first-order valence-electron chi connectivity index (χ1n) is 8.04. The average Bonchev–Trinajstić information content (AvgIpc) is 2.66. The molecule has 0 saturated carbocycles. The molecule has 0 atom stereocenters. The molecule has 0 spiro atoms. The lowest BCUT2D eigenvalue weighted by Gasteiger charge is -2.16. The molecule has 0 unspecified atom stereocenters. The molecule has 0 aliphatic rings. The molecule has 0 bridgehead atoms. The Hall–Kier alpha value is -3.06. The first-order valence-corrected chi connectivity index (χ1v) is 8.41. The zero-order chi connectivity index (χ0) is 20.3. The zero-order valence-electron chi connectivity index (χ0n) is 14.2. The number of carboxylic acids is 1. The summed E-state index contributed by atoms with van der Waals surface area (Å²) in [5.41, 5.74) is 1.60. The zero-order valence-corrected chi connectivity index (χ0v) is 15.0. The highest BCUT2D eigenvalue weighted by atomic mass is 35.5. The molecule has 3 rings (SSSR count). The van der Waals surface area contributed by atoms with Crippen molar-refractivity contribution in [2.45, 2.75) is 6.18 Å². The fourth-order valence-corrected chi connectivity index (χ4v) is 2.82. The molecule has 1 N–H and O–H groups in total. The predicted octanol–water partition coefficient (Wildman–Crippen LogP) is 5.71. The van der Waals surface area contributed by atoms with E-state index in [9.17, 15) is 18.0 Å². The number of alkyl halides is 3. The van der Waals surface area contributed by atoms with Gasteiger partial charge < -0.3 is 9.84 Å². The van der Waals surface area contributed by atoms with Crippen LogP contribution in [0, 0.1) is 0 Å². The molecule has 0 amide bonds. The Labute approximate surface area is 163 Å². The van der Waals surface area contributed by atoms with Crippen LogP contribution >= 0.6 is 11.6 Å². The van der Waals surface area contributed by atoms with Crippen molar-refractivity contribution in [3.05, 3.63) is 71.4 Å². The number of nitrogens with zero attached hydrogens (tertiary/aromatic N) is 1. The second-order valence-corrected chi connectivity index (χ2v) is 6.24. The Bertz CT molecular complexity index is 1020. The molecule has 0 saturated heterocycles. The van der Waals surface area contributed by atoms with Crippen LogP contribution in [0.5, 0.6) is 5.75 Å². The maximum atomic E-state index is 12.6. The highest BCUT2D eigenvalue weighted by Crippen LogP contribution is 2.38. The van der Waals surface area contributed by atoms with Crippen molar-refractivity contribution < 1.29 is 27.8 Å². The minimum absolute atomic E-state index is 0.00330. The largest absolute Gasteiger partial charge is 0.483 e. The van der Waals surface area contributed by atoms with Crippen molar-refractivity contribution in [2.75, 3.05) is 6.61 Å². The van der Waals surface area contributed by atoms with Gasteiger partial charge >= 0.3 is 12.1 Å². The molecule has 0 aliphatic heterocycles. The SMILES string of the molecule is O=C(O)c1cccc(-c2ccccc2-c2cc(Cl)ccc2OCC(F)(F)F)n1. The number of pyridine rings is 1. The lowest BCUT2D eigenvalue weighted by atomic mass is 9.96. The molecule has 0 fully saturated rings. The molecule has 2 aromatic carbocycles. The van der Waals surface area contributed by atoms with Crippen molar-refractivity contribution in [2.24, 2.45) is 0 Å². The first kappa shape index (κ1) is 19.7. The van der Waals surface area contributed by atoms with Gasteiger partial charge in [0.15, 0.2) is 6.61 Å². The fourth-order valence-electron chi connectivity index (χ4n) is 2.64. The number of carboxylic acid groups (broad SMARTS) is 1. The Kier molecular flexibility index (Phi) is 5.56. The second kappa shape index (κ2) is 7.90. The topological polar surface area (TPSA) is 59.4 Å². The van der Waals surface area contributed by atoms with Crippen LogP contribution < -0.4 is 4.74 Å². The maximum absolute atomic E-state index is 12.6. The van der Waals surface area contributed by atoms with E-state index in [2.05, 4.69) is 4.98 Å². The van der Waals surface area contributed by atoms with Crippen LogP contribution in [0.3, 0.4) is 0 Å². The number of rotatable bonds is 5. The van der Waals surface area contributed by atoms with E-state index in [1.807, 2.05) is 0 Å². The molecular formula is C20H13ClF3NO3. The third kappa shape index (κ3) is 4.61. The van der Waals surface area contributed by atoms with Crippen LogP contribution in [0.15, 0.2) is 60.7 Å². The smallest absolute Gasteiger partial charge is 0.422 e. The molecule has 0 radical (unpaired) electrons. The quantitative estimate of drug-likeness (QED) is 0.588. The van der Waals surface area contributed by atoms with Gasteiger partial charge in [0.1, 0.15) is 11.4 Å². The Morgan fingerprint density at radius 3 is 2.39 bits per heavy atom. The lowest BCUT2D eigenvalue weighted by Crippen LogP contribution is -2.19. The van der Waals surface area contributed by atoms with Gasteiger partial charge in [-0.3, -0.25) is 0 Å². The summed E-state index contributed by atoms with van der Waals surface area (Å²) in [6.45, 7) is -1.45. The van der Waals surface area contributed by atoms with Gasteiger partial charge in [0.05, 0.1) is 5.69 Å². The first-order chi connectivity index (χ1) is 13.2. The van der Waals surface area contributed by atoms with Crippen LogP contribution in [-0.4, -0.2) is 28.8 Å². The van der Waals surface area contributed by atoms with Gasteiger partial charge in [-0.15, -0.1) is 0 Å². The van der Waals surface area contributed by atoms with Crippen molar-refractivity contribution in [3.63, 3.8) is 0 Å². The molecule has 8 heteroatoms. The van der Waals surface area contributed by atoms with E-state index in [0.717, 1.165) is 0 Å². The number of ether oxygens (including phenoxy) is 1. The molecule has 0 aliphatic carbocycles. The number of halogens is 4. The molecule has 4 nitrogen and oxygen atoms in total. The van der Waals surface area contributed by atoms with E-state index in [0.29, 0.717) is 27.4 Å². The molecule has 3 aromatic rings. The maximum Gasteiger partial charge on any atom is 0.422 e. The van der Waals surface area contributed by atoms with Crippen molar-refractivity contribution in [1.82, 2.24) is 4.98 Å². The van der Waals surface area contributed by atoms with Crippen molar-refractivity contribution in [1.29, 1.82) is 0 Å². The van der Waals surface area contributed by atoms with Gasteiger partial charge in [-0.2, -0.15) is 13.2 Å². The predicted molar refractivity (Wildman–Crippen MR) is 98.6 cm³/mol. The van der Waals surface area contributed by atoms with Crippen LogP contribution in [0.2, 0.25) is 5.02 Å². The number of carbonyl (C=O) groups is 1. The highest BCUT2D eigenvalue weighted by Gasteiger charge is 2.29. The second-order valence-electron chi connectivity index (χ2n) is 5.80. The summed E-state index contributed by atoms with van der Waals surface area (Å²) in [7, 11) is 0. The monoisotopic (exact) mass is 407 g/mol. The van der Waals surface area contributed by atoms with Crippen molar-refractivity contribution in [3.8, 4) is 28.1 Å². The van der Waals surface area contributed by atoms with Gasteiger partial charge in [-0.25, -0.2) is 9.78 Å². The van der Waals surface area contributed by atoms with E-state index in [1.54, 1.807) is 36.4 Å². The average molecular weight is 408 g/mol.